The van der Waals surface area contributed by atoms with Gasteiger partial charge in [-0.2, -0.15) is 5.26 Å². The van der Waals surface area contributed by atoms with Gasteiger partial charge in [0.1, 0.15) is 34.0 Å². The number of piperazine rings is 1. The predicted octanol–water partition coefficient (Wildman–Crippen LogP) is 3.62. The monoisotopic (exact) mass is 575 g/mol. The van der Waals surface area contributed by atoms with E-state index >= 15 is 0 Å². The van der Waals surface area contributed by atoms with Crippen molar-refractivity contribution in [2.24, 2.45) is 0 Å². The van der Waals surface area contributed by atoms with Crippen LogP contribution >= 0.6 is 11.3 Å². The SMILES string of the molecule is CCc1oc2cnc(N3CCN(CC(=O)N4CC(O)C4)CC3)cc2c1N(C)c1nc(-c2ccc(F)cc2)c(C#N)s1. The molecule has 0 spiro atoms. The number of nitriles is 1. The molecule has 41 heavy (non-hydrogen) atoms. The minimum absolute atomic E-state index is 0.0609. The lowest BCUT2D eigenvalue weighted by molar-refractivity contribution is -0.142. The van der Waals surface area contributed by atoms with Gasteiger partial charge in [0.2, 0.25) is 5.91 Å². The van der Waals surface area contributed by atoms with Crippen molar-refractivity contribution in [3.8, 4) is 17.3 Å². The number of anilines is 3. The van der Waals surface area contributed by atoms with Gasteiger partial charge in [0, 0.05) is 63.7 Å². The van der Waals surface area contributed by atoms with Crippen LogP contribution in [0.1, 0.15) is 17.6 Å². The number of hydrogen-bond donors (Lipinski definition) is 1. The van der Waals surface area contributed by atoms with Gasteiger partial charge in [-0.1, -0.05) is 18.3 Å². The molecule has 0 saturated carbocycles. The van der Waals surface area contributed by atoms with E-state index in [0.717, 1.165) is 48.8 Å². The molecule has 10 nitrogen and oxygen atoms in total. The van der Waals surface area contributed by atoms with Crippen LogP contribution in [0.3, 0.4) is 0 Å². The van der Waals surface area contributed by atoms with Gasteiger partial charge in [-0.25, -0.2) is 14.4 Å². The first kappa shape index (κ1) is 27.1. The second-order valence-corrected chi connectivity index (χ2v) is 11.3. The molecule has 6 rings (SSSR count). The van der Waals surface area contributed by atoms with Gasteiger partial charge in [0.25, 0.3) is 0 Å². The molecule has 2 fully saturated rings. The molecular weight excluding hydrogens is 545 g/mol. The molecule has 2 aliphatic rings. The molecule has 1 N–H and O–H groups in total. The van der Waals surface area contributed by atoms with Crippen LogP contribution in [-0.2, 0) is 11.2 Å². The number of fused-ring (bicyclic) bond motifs is 1. The number of aliphatic hydroxyl groups is 1. The number of carbonyl (C=O) groups excluding carboxylic acids is 1. The van der Waals surface area contributed by atoms with Gasteiger partial charge in [0.05, 0.1) is 24.5 Å². The Morgan fingerprint density at radius 1 is 1.24 bits per heavy atom. The molecule has 2 aliphatic heterocycles. The zero-order valence-corrected chi connectivity index (χ0v) is 23.7. The first-order valence-electron chi connectivity index (χ1n) is 13.6. The molecule has 0 bridgehead atoms. The maximum absolute atomic E-state index is 13.5. The molecule has 3 aromatic heterocycles. The van der Waals surface area contributed by atoms with Gasteiger partial charge in [-0.15, -0.1) is 0 Å². The van der Waals surface area contributed by atoms with Crippen molar-refractivity contribution in [3.05, 3.63) is 53.0 Å². The molecule has 1 amide bonds. The van der Waals surface area contributed by atoms with Crippen LogP contribution in [0.2, 0.25) is 0 Å². The Hall–Kier alpha value is -4.05. The lowest BCUT2D eigenvalue weighted by Crippen LogP contribution is -2.57. The molecule has 0 unspecified atom stereocenters. The zero-order valence-electron chi connectivity index (χ0n) is 22.9. The summed E-state index contributed by atoms with van der Waals surface area (Å²) in [5.74, 6) is 1.34. The van der Waals surface area contributed by atoms with E-state index in [-0.39, 0.29) is 11.7 Å². The van der Waals surface area contributed by atoms with Crippen LogP contribution in [-0.4, -0.2) is 89.7 Å². The lowest BCUT2D eigenvalue weighted by Gasteiger charge is -2.39. The van der Waals surface area contributed by atoms with Gasteiger partial charge in [-0.3, -0.25) is 9.69 Å². The maximum atomic E-state index is 13.5. The highest BCUT2D eigenvalue weighted by atomic mass is 32.1. The molecule has 2 saturated heterocycles. The fraction of sp³-hybridized carbons (Fsp3) is 0.379. The number of likely N-dealkylation sites (tertiary alicyclic amines) is 1. The van der Waals surface area contributed by atoms with Crippen molar-refractivity contribution in [1.82, 2.24) is 19.8 Å². The highest BCUT2D eigenvalue weighted by Crippen LogP contribution is 2.41. The summed E-state index contributed by atoms with van der Waals surface area (Å²) in [6.45, 7) is 6.19. The summed E-state index contributed by atoms with van der Waals surface area (Å²) in [6, 6.07) is 10.2. The zero-order chi connectivity index (χ0) is 28.7. The normalized spacial score (nSPS) is 16.2. The van der Waals surface area contributed by atoms with E-state index in [0.29, 0.717) is 52.9 Å². The predicted molar refractivity (Wildman–Crippen MR) is 155 cm³/mol. The molecular formula is C29H30FN7O3S. The fourth-order valence-electron chi connectivity index (χ4n) is 5.32. The number of carbonyl (C=O) groups is 1. The lowest BCUT2D eigenvalue weighted by atomic mass is 10.1. The minimum atomic E-state index is -0.391. The third-order valence-electron chi connectivity index (χ3n) is 7.65. The van der Waals surface area contributed by atoms with E-state index in [1.165, 1.54) is 23.5 Å². The van der Waals surface area contributed by atoms with Crippen LogP contribution in [0, 0.1) is 17.1 Å². The highest BCUT2D eigenvalue weighted by molar-refractivity contribution is 7.16. The maximum Gasteiger partial charge on any atom is 0.236 e. The number of nitrogens with zero attached hydrogens (tertiary/aromatic N) is 7. The number of aryl methyl sites for hydroxylation is 1. The number of halogens is 1. The quantitative estimate of drug-likeness (QED) is 0.353. The topological polar surface area (TPSA) is 113 Å². The van der Waals surface area contributed by atoms with Crippen molar-refractivity contribution < 1.29 is 18.7 Å². The van der Waals surface area contributed by atoms with Crippen LogP contribution in [0.5, 0.6) is 0 Å². The molecule has 0 atom stereocenters. The average molecular weight is 576 g/mol. The number of aliphatic hydroxyl groups excluding tert-OH is 1. The number of β-amino-alcohol motifs (C(OH)–C–C–N with tert-alkyl or cyclic N) is 1. The Morgan fingerprint density at radius 2 is 1.98 bits per heavy atom. The molecule has 4 aromatic rings. The van der Waals surface area contributed by atoms with E-state index < -0.39 is 6.10 Å². The fourth-order valence-corrected chi connectivity index (χ4v) is 6.18. The van der Waals surface area contributed by atoms with E-state index in [1.807, 2.05) is 24.9 Å². The highest BCUT2D eigenvalue weighted by Gasteiger charge is 2.31. The Bertz CT molecular complexity index is 1620. The van der Waals surface area contributed by atoms with Gasteiger partial charge >= 0.3 is 0 Å². The van der Waals surface area contributed by atoms with Crippen LogP contribution in [0.4, 0.5) is 21.0 Å². The smallest absolute Gasteiger partial charge is 0.236 e. The first-order valence-corrected chi connectivity index (χ1v) is 14.4. The number of amides is 1. The Morgan fingerprint density at radius 3 is 2.63 bits per heavy atom. The molecule has 212 valence electrons. The van der Waals surface area contributed by atoms with E-state index in [9.17, 15) is 19.6 Å². The first-order chi connectivity index (χ1) is 19.8. The van der Waals surface area contributed by atoms with Crippen molar-refractivity contribution in [3.63, 3.8) is 0 Å². The summed E-state index contributed by atoms with van der Waals surface area (Å²) in [5, 5.41) is 20.8. The Kier molecular flexibility index (Phi) is 7.33. The van der Waals surface area contributed by atoms with Crippen LogP contribution in [0.15, 0.2) is 40.9 Å². The van der Waals surface area contributed by atoms with Crippen LogP contribution in [0.25, 0.3) is 22.2 Å². The number of thiazole rings is 1. The molecule has 1 aromatic carbocycles. The molecule has 0 radical (unpaired) electrons. The van der Waals surface area contributed by atoms with Crippen LogP contribution < -0.4 is 9.80 Å². The standard InChI is InChI=1S/C29H30FN7O3S/c1-3-22-28(34(2)29-33-27(24(13-31)41-29)18-4-6-19(30)7-5-18)21-12-25(32-14-23(21)40-22)36-10-8-35(9-11-36)17-26(39)37-15-20(38)16-37/h4-7,12,14,20,38H,3,8-11,15-17H2,1-2H3. The van der Waals surface area contributed by atoms with E-state index in [4.69, 9.17) is 9.40 Å². The number of aromatic nitrogens is 2. The van der Waals surface area contributed by atoms with E-state index in [1.54, 1.807) is 23.2 Å². The second-order valence-electron chi connectivity index (χ2n) is 10.3. The summed E-state index contributed by atoms with van der Waals surface area (Å²) in [4.78, 5) is 30.3. The summed E-state index contributed by atoms with van der Waals surface area (Å²) < 4.78 is 19.7. The molecule has 12 heteroatoms. The van der Waals surface area contributed by atoms with E-state index in [2.05, 4.69) is 20.9 Å². The van der Waals surface area contributed by atoms with Crippen molar-refractivity contribution in [2.75, 3.05) is 62.7 Å². The molecule has 0 aliphatic carbocycles. The van der Waals surface area contributed by atoms with Gasteiger partial charge in [-0.05, 0) is 30.3 Å². The van der Waals surface area contributed by atoms with Crippen molar-refractivity contribution >= 4 is 44.9 Å². The van der Waals surface area contributed by atoms with Crippen molar-refractivity contribution in [1.29, 1.82) is 5.26 Å². The third kappa shape index (κ3) is 5.24. The largest absolute Gasteiger partial charge is 0.457 e. The summed E-state index contributed by atoms with van der Waals surface area (Å²) in [7, 11) is 1.91. The number of hydrogen-bond acceptors (Lipinski definition) is 10. The second kappa shape index (κ2) is 11.1. The minimum Gasteiger partial charge on any atom is -0.457 e. The number of rotatable bonds is 7. The number of benzene rings is 1. The van der Waals surface area contributed by atoms with Gasteiger partial charge in [0.15, 0.2) is 10.7 Å². The Balaban J connectivity index is 1.24. The molecule has 5 heterocycles. The third-order valence-corrected chi connectivity index (χ3v) is 8.69. The summed E-state index contributed by atoms with van der Waals surface area (Å²) in [6.07, 6.45) is 2.02. The average Bonchev–Trinajstić information content (AvgIpc) is 3.57. The number of pyridine rings is 1. The van der Waals surface area contributed by atoms with Gasteiger partial charge < -0.3 is 24.2 Å². The summed E-state index contributed by atoms with van der Waals surface area (Å²) in [5.41, 5.74) is 2.75. The number of furan rings is 1. The summed E-state index contributed by atoms with van der Waals surface area (Å²) >= 11 is 1.28. The Labute approximate surface area is 240 Å². The van der Waals surface area contributed by atoms with Crippen molar-refractivity contribution in [2.45, 2.75) is 19.4 Å².